The van der Waals surface area contributed by atoms with Crippen LogP contribution in [0.5, 0.6) is 0 Å². The van der Waals surface area contributed by atoms with E-state index < -0.39 is 0 Å². The van der Waals surface area contributed by atoms with Crippen LogP contribution >= 0.6 is 0 Å². The van der Waals surface area contributed by atoms with Gasteiger partial charge >= 0.3 is 0 Å². The molecule has 1 aliphatic heterocycles. The minimum atomic E-state index is 0.763. The first kappa shape index (κ1) is 20.5. The van der Waals surface area contributed by atoms with Gasteiger partial charge in [-0.1, -0.05) is 33.1 Å². The molecule has 0 aliphatic carbocycles. The van der Waals surface area contributed by atoms with Gasteiger partial charge in [0.25, 0.3) is 0 Å². The second-order valence-corrected chi connectivity index (χ2v) is 6.86. The number of likely N-dealkylation sites (N-methyl/N-ethyl adjacent to an activating group) is 1. The lowest BCUT2D eigenvalue weighted by atomic mass is 10.2. The average molecular weight is 361 g/mol. The van der Waals surface area contributed by atoms with Gasteiger partial charge in [0.2, 0.25) is 0 Å². The van der Waals surface area contributed by atoms with Gasteiger partial charge in [0.1, 0.15) is 5.82 Å². The third-order valence-corrected chi connectivity index (χ3v) is 4.96. The van der Waals surface area contributed by atoms with Crippen LogP contribution in [0, 0.1) is 0 Å². The molecule has 6 nitrogen and oxygen atoms in total. The molecule has 1 aliphatic rings. The molecule has 1 saturated heterocycles. The number of piperazine rings is 1. The summed E-state index contributed by atoms with van der Waals surface area (Å²) in [6, 6.07) is 4.27. The topological polar surface area (TPSA) is 55.8 Å². The number of rotatable bonds is 9. The highest BCUT2D eigenvalue weighted by Crippen LogP contribution is 2.15. The van der Waals surface area contributed by atoms with Crippen molar-refractivity contribution in [3.05, 3.63) is 23.9 Å². The Labute approximate surface area is 159 Å². The molecule has 2 rings (SSSR count). The monoisotopic (exact) mass is 360 g/mol. The standard InChI is InChI=1S/C20H36N6/c1-4-6-7-8-10-23-20(21-3)24-17-18-9-11-22-19(16-18)26-14-12-25(5-2)13-15-26/h9,11,16H,4-8,10,12-15,17H2,1-3H3,(H2,21,23,24). The fourth-order valence-corrected chi connectivity index (χ4v) is 3.20. The molecule has 0 aromatic carbocycles. The van der Waals surface area contributed by atoms with E-state index in [0.29, 0.717) is 0 Å². The van der Waals surface area contributed by atoms with Crippen LogP contribution in [0.1, 0.15) is 45.1 Å². The summed E-state index contributed by atoms with van der Waals surface area (Å²) in [4.78, 5) is 13.8. The summed E-state index contributed by atoms with van der Waals surface area (Å²) < 4.78 is 0. The molecule has 1 fully saturated rings. The van der Waals surface area contributed by atoms with Gasteiger partial charge in [-0.3, -0.25) is 4.99 Å². The Hall–Kier alpha value is -1.82. The second-order valence-electron chi connectivity index (χ2n) is 6.86. The average Bonchev–Trinajstić information content (AvgIpc) is 2.70. The predicted molar refractivity (Wildman–Crippen MR) is 111 cm³/mol. The summed E-state index contributed by atoms with van der Waals surface area (Å²) in [6.07, 6.45) is 6.96. The van der Waals surface area contributed by atoms with Gasteiger partial charge in [-0.25, -0.2) is 4.98 Å². The van der Waals surface area contributed by atoms with E-state index in [2.05, 4.69) is 56.4 Å². The lowest BCUT2D eigenvalue weighted by Gasteiger charge is -2.34. The van der Waals surface area contributed by atoms with Gasteiger partial charge in [-0.05, 0) is 30.7 Å². The number of aromatic nitrogens is 1. The fourth-order valence-electron chi connectivity index (χ4n) is 3.20. The molecule has 0 bridgehead atoms. The van der Waals surface area contributed by atoms with Crippen LogP contribution in [0.4, 0.5) is 5.82 Å². The molecule has 0 radical (unpaired) electrons. The highest BCUT2D eigenvalue weighted by Gasteiger charge is 2.16. The molecule has 6 heteroatoms. The van der Waals surface area contributed by atoms with Crippen LogP contribution in [0.25, 0.3) is 0 Å². The van der Waals surface area contributed by atoms with Gasteiger partial charge < -0.3 is 20.4 Å². The molecule has 0 saturated carbocycles. The number of aliphatic imine (C=N–C) groups is 1. The normalized spacial score (nSPS) is 16.0. The van der Waals surface area contributed by atoms with Crippen LogP contribution in [-0.2, 0) is 6.54 Å². The highest BCUT2D eigenvalue weighted by atomic mass is 15.3. The van der Waals surface area contributed by atoms with E-state index in [0.717, 1.165) is 57.6 Å². The first-order valence-corrected chi connectivity index (χ1v) is 10.1. The Morgan fingerprint density at radius 3 is 2.62 bits per heavy atom. The lowest BCUT2D eigenvalue weighted by molar-refractivity contribution is 0.270. The zero-order valence-corrected chi connectivity index (χ0v) is 16.8. The maximum atomic E-state index is 4.57. The molecule has 1 aromatic heterocycles. The zero-order chi connectivity index (χ0) is 18.6. The molecular weight excluding hydrogens is 324 g/mol. The number of guanidine groups is 1. The molecule has 0 spiro atoms. The van der Waals surface area contributed by atoms with Crippen molar-refractivity contribution < 1.29 is 0 Å². The fraction of sp³-hybridized carbons (Fsp3) is 0.700. The van der Waals surface area contributed by atoms with Gasteiger partial charge in [0.05, 0.1) is 0 Å². The summed E-state index contributed by atoms with van der Waals surface area (Å²) in [5, 5.41) is 6.80. The van der Waals surface area contributed by atoms with Gasteiger partial charge in [-0.15, -0.1) is 0 Å². The van der Waals surface area contributed by atoms with Gasteiger partial charge in [0, 0.05) is 52.5 Å². The first-order valence-electron chi connectivity index (χ1n) is 10.1. The lowest BCUT2D eigenvalue weighted by Crippen LogP contribution is -2.46. The van der Waals surface area contributed by atoms with Crippen LogP contribution in [0.15, 0.2) is 23.3 Å². The summed E-state index contributed by atoms with van der Waals surface area (Å²) >= 11 is 0. The number of anilines is 1. The maximum absolute atomic E-state index is 4.57. The molecule has 146 valence electrons. The Kier molecular flexibility index (Phi) is 9.24. The number of hydrogen-bond donors (Lipinski definition) is 2. The minimum Gasteiger partial charge on any atom is -0.356 e. The second kappa shape index (κ2) is 11.7. The number of nitrogens with zero attached hydrogens (tertiary/aromatic N) is 4. The number of unbranched alkanes of at least 4 members (excludes halogenated alkanes) is 3. The van der Waals surface area contributed by atoms with E-state index in [4.69, 9.17) is 0 Å². The Balaban J connectivity index is 1.78. The van der Waals surface area contributed by atoms with Gasteiger partial charge in [-0.2, -0.15) is 0 Å². The Morgan fingerprint density at radius 1 is 1.12 bits per heavy atom. The van der Waals surface area contributed by atoms with Crippen LogP contribution < -0.4 is 15.5 Å². The molecule has 1 aromatic rings. The van der Waals surface area contributed by atoms with E-state index in [1.807, 2.05) is 13.2 Å². The van der Waals surface area contributed by atoms with E-state index in [9.17, 15) is 0 Å². The van der Waals surface area contributed by atoms with Crippen molar-refractivity contribution in [1.82, 2.24) is 20.5 Å². The van der Waals surface area contributed by atoms with Crippen molar-refractivity contribution >= 4 is 11.8 Å². The summed E-state index contributed by atoms with van der Waals surface area (Å²) in [7, 11) is 1.83. The van der Waals surface area contributed by atoms with Crippen molar-refractivity contribution in [2.75, 3.05) is 51.2 Å². The SMILES string of the molecule is CCCCCCNC(=NC)NCc1ccnc(N2CCN(CC)CC2)c1. The molecule has 0 amide bonds. The van der Waals surface area contributed by atoms with Crippen LogP contribution in [0.3, 0.4) is 0 Å². The van der Waals surface area contributed by atoms with Crippen molar-refractivity contribution in [1.29, 1.82) is 0 Å². The highest BCUT2D eigenvalue weighted by molar-refractivity contribution is 5.79. The first-order chi connectivity index (χ1) is 12.8. The van der Waals surface area contributed by atoms with Crippen LogP contribution in [0.2, 0.25) is 0 Å². The van der Waals surface area contributed by atoms with Crippen molar-refractivity contribution in [2.45, 2.75) is 46.1 Å². The third kappa shape index (κ3) is 6.83. The van der Waals surface area contributed by atoms with E-state index in [1.54, 1.807) is 0 Å². The summed E-state index contributed by atoms with van der Waals surface area (Å²) in [5.41, 5.74) is 1.24. The quantitative estimate of drug-likeness (QED) is 0.402. The molecule has 2 N–H and O–H groups in total. The molecular formula is C20H36N6. The van der Waals surface area contributed by atoms with E-state index in [1.165, 1.54) is 31.2 Å². The Bertz CT molecular complexity index is 537. The zero-order valence-electron chi connectivity index (χ0n) is 16.8. The predicted octanol–water partition coefficient (Wildman–Crippen LogP) is 2.47. The molecule has 0 atom stereocenters. The molecule has 26 heavy (non-hydrogen) atoms. The van der Waals surface area contributed by atoms with E-state index >= 15 is 0 Å². The number of pyridine rings is 1. The largest absolute Gasteiger partial charge is 0.356 e. The summed E-state index contributed by atoms with van der Waals surface area (Å²) in [6.45, 7) is 11.7. The van der Waals surface area contributed by atoms with Crippen molar-refractivity contribution in [3.63, 3.8) is 0 Å². The molecule has 0 unspecified atom stereocenters. The van der Waals surface area contributed by atoms with E-state index in [-0.39, 0.29) is 0 Å². The van der Waals surface area contributed by atoms with Crippen molar-refractivity contribution in [3.8, 4) is 0 Å². The van der Waals surface area contributed by atoms with Gasteiger partial charge in [0.15, 0.2) is 5.96 Å². The smallest absolute Gasteiger partial charge is 0.191 e. The number of nitrogens with one attached hydrogen (secondary N) is 2. The summed E-state index contributed by atoms with van der Waals surface area (Å²) in [5.74, 6) is 1.96. The Morgan fingerprint density at radius 2 is 1.92 bits per heavy atom. The number of hydrogen-bond acceptors (Lipinski definition) is 4. The van der Waals surface area contributed by atoms with Crippen molar-refractivity contribution in [2.24, 2.45) is 4.99 Å². The minimum absolute atomic E-state index is 0.763. The van der Waals surface area contributed by atoms with Crippen LogP contribution in [-0.4, -0.2) is 62.2 Å². The third-order valence-electron chi connectivity index (χ3n) is 4.96. The maximum Gasteiger partial charge on any atom is 0.191 e. The molecule has 2 heterocycles.